The number of aliphatic hydroxyl groups is 1. The first kappa shape index (κ1) is 10.5. The zero-order valence-electron chi connectivity index (χ0n) is 7.81. The molecule has 0 aromatic heterocycles. The van der Waals surface area contributed by atoms with E-state index in [1.165, 1.54) is 31.3 Å². The van der Waals surface area contributed by atoms with Crippen LogP contribution in [0.15, 0.2) is 11.1 Å². The predicted molar refractivity (Wildman–Crippen MR) is 60.4 cm³/mol. The molecule has 70 valence electrons. The zero-order chi connectivity index (χ0) is 9.14. The Hall–Kier alpha value is 0.430. The zero-order valence-corrected chi connectivity index (χ0v) is 9.97. The van der Waals surface area contributed by atoms with E-state index >= 15 is 0 Å². The lowest BCUT2D eigenvalue weighted by atomic mass is 9.85. The highest BCUT2D eigenvalue weighted by atomic mass is 127. The molecule has 1 unspecified atom stereocenters. The van der Waals surface area contributed by atoms with Crippen molar-refractivity contribution in [3.63, 3.8) is 0 Å². The lowest BCUT2D eigenvalue weighted by Gasteiger charge is -2.26. The van der Waals surface area contributed by atoms with E-state index in [0.29, 0.717) is 5.92 Å². The minimum Gasteiger partial charge on any atom is -0.382 e. The van der Waals surface area contributed by atoms with Crippen LogP contribution < -0.4 is 0 Å². The highest BCUT2D eigenvalue weighted by Crippen LogP contribution is 2.33. The summed E-state index contributed by atoms with van der Waals surface area (Å²) >= 11 is 2.13. The summed E-state index contributed by atoms with van der Waals surface area (Å²) < 4.78 is -0.138. The molecule has 1 aliphatic rings. The molecule has 1 N–H and O–H groups in total. The van der Waals surface area contributed by atoms with Gasteiger partial charge >= 0.3 is 0 Å². The van der Waals surface area contributed by atoms with E-state index in [4.69, 9.17) is 0 Å². The van der Waals surface area contributed by atoms with Gasteiger partial charge in [0.15, 0.2) is 0 Å². The van der Waals surface area contributed by atoms with Crippen LogP contribution in [0, 0.1) is 5.92 Å². The molecule has 0 aromatic carbocycles. The van der Waals surface area contributed by atoms with E-state index in [2.05, 4.69) is 36.4 Å². The van der Waals surface area contributed by atoms with Gasteiger partial charge in [-0.25, -0.2) is 0 Å². The Balaban J connectivity index is 2.45. The van der Waals surface area contributed by atoms with Crippen LogP contribution in [-0.2, 0) is 0 Å². The van der Waals surface area contributed by atoms with Gasteiger partial charge in [-0.1, -0.05) is 33.7 Å². The average Bonchev–Trinajstić information content (AvgIpc) is 2.04. The van der Waals surface area contributed by atoms with Crippen molar-refractivity contribution in [2.45, 2.75) is 43.6 Å². The van der Waals surface area contributed by atoms with Gasteiger partial charge in [0.2, 0.25) is 0 Å². The van der Waals surface area contributed by atoms with Gasteiger partial charge in [-0.05, 0) is 45.4 Å². The summed E-state index contributed by atoms with van der Waals surface area (Å²) in [6, 6.07) is 0. The fourth-order valence-corrected chi connectivity index (χ4v) is 2.48. The Kier molecular flexibility index (Phi) is 4.03. The SMILES string of the molecule is CC(C)=C1CCC(C(O)I)CC1. The summed E-state index contributed by atoms with van der Waals surface area (Å²) in [5, 5.41) is 9.37. The Morgan fingerprint density at radius 3 is 2.25 bits per heavy atom. The third-order valence-corrected chi connectivity index (χ3v) is 3.75. The highest BCUT2D eigenvalue weighted by Gasteiger charge is 2.21. The van der Waals surface area contributed by atoms with E-state index in [1.54, 1.807) is 5.57 Å². The van der Waals surface area contributed by atoms with Crippen molar-refractivity contribution in [2.75, 3.05) is 0 Å². The van der Waals surface area contributed by atoms with Crippen LogP contribution in [0.1, 0.15) is 39.5 Å². The van der Waals surface area contributed by atoms with Crippen LogP contribution in [-0.4, -0.2) is 9.22 Å². The molecule has 0 spiro atoms. The molecule has 1 fully saturated rings. The monoisotopic (exact) mass is 280 g/mol. The van der Waals surface area contributed by atoms with Gasteiger partial charge in [-0.15, -0.1) is 0 Å². The second-order valence-electron chi connectivity index (χ2n) is 3.81. The molecule has 1 atom stereocenters. The fourth-order valence-electron chi connectivity index (χ4n) is 1.76. The Bertz CT molecular complexity index is 170. The quantitative estimate of drug-likeness (QED) is 0.444. The Morgan fingerprint density at radius 2 is 1.92 bits per heavy atom. The van der Waals surface area contributed by atoms with Crippen molar-refractivity contribution in [1.29, 1.82) is 0 Å². The number of allylic oxidation sites excluding steroid dienone is 2. The molecule has 1 rings (SSSR count). The molecule has 0 radical (unpaired) electrons. The first-order valence-electron chi connectivity index (χ1n) is 4.58. The molecule has 0 heterocycles. The van der Waals surface area contributed by atoms with Gasteiger partial charge in [-0.3, -0.25) is 0 Å². The third-order valence-electron chi connectivity index (χ3n) is 2.73. The number of halogens is 1. The van der Waals surface area contributed by atoms with Gasteiger partial charge in [0.1, 0.15) is 4.11 Å². The van der Waals surface area contributed by atoms with Crippen molar-refractivity contribution in [3.05, 3.63) is 11.1 Å². The highest BCUT2D eigenvalue weighted by molar-refractivity contribution is 14.1. The number of rotatable bonds is 1. The molecule has 2 heteroatoms. The van der Waals surface area contributed by atoms with Crippen LogP contribution in [0.5, 0.6) is 0 Å². The van der Waals surface area contributed by atoms with E-state index in [0.717, 1.165) is 0 Å². The normalized spacial score (nSPS) is 27.0. The van der Waals surface area contributed by atoms with E-state index in [-0.39, 0.29) is 4.11 Å². The van der Waals surface area contributed by atoms with E-state index in [1.807, 2.05) is 0 Å². The van der Waals surface area contributed by atoms with Crippen molar-refractivity contribution in [1.82, 2.24) is 0 Å². The average molecular weight is 280 g/mol. The topological polar surface area (TPSA) is 20.2 Å². The second kappa shape index (κ2) is 4.61. The first-order valence-corrected chi connectivity index (χ1v) is 5.83. The van der Waals surface area contributed by atoms with Crippen LogP contribution >= 0.6 is 22.6 Å². The molecule has 0 amide bonds. The summed E-state index contributed by atoms with van der Waals surface area (Å²) in [7, 11) is 0. The largest absolute Gasteiger partial charge is 0.382 e. The van der Waals surface area contributed by atoms with Crippen LogP contribution in [0.3, 0.4) is 0 Å². The molecule has 0 saturated heterocycles. The smallest absolute Gasteiger partial charge is 0.108 e. The van der Waals surface area contributed by atoms with Crippen LogP contribution in [0.25, 0.3) is 0 Å². The van der Waals surface area contributed by atoms with Crippen molar-refractivity contribution >= 4 is 22.6 Å². The van der Waals surface area contributed by atoms with E-state index in [9.17, 15) is 5.11 Å². The van der Waals surface area contributed by atoms with Crippen LogP contribution in [0.2, 0.25) is 0 Å². The van der Waals surface area contributed by atoms with Gasteiger partial charge in [0.25, 0.3) is 0 Å². The van der Waals surface area contributed by atoms with Crippen LogP contribution in [0.4, 0.5) is 0 Å². The van der Waals surface area contributed by atoms with Gasteiger partial charge < -0.3 is 5.11 Å². The Morgan fingerprint density at radius 1 is 1.42 bits per heavy atom. The fraction of sp³-hybridized carbons (Fsp3) is 0.800. The maximum Gasteiger partial charge on any atom is 0.108 e. The maximum atomic E-state index is 9.37. The third kappa shape index (κ3) is 2.73. The summed E-state index contributed by atoms with van der Waals surface area (Å²) in [5.41, 5.74) is 3.10. The number of hydrogen-bond acceptors (Lipinski definition) is 1. The molecular formula is C10H17IO. The summed E-state index contributed by atoms with van der Waals surface area (Å²) in [4.78, 5) is 0. The first-order chi connectivity index (χ1) is 5.61. The predicted octanol–water partition coefficient (Wildman–Crippen LogP) is 3.27. The molecule has 12 heavy (non-hydrogen) atoms. The molecule has 1 saturated carbocycles. The molecular weight excluding hydrogens is 263 g/mol. The van der Waals surface area contributed by atoms with Crippen molar-refractivity contribution in [3.8, 4) is 0 Å². The van der Waals surface area contributed by atoms with Gasteiger partial charge in [0, 0.05) is 0 Å². The second-order valence-corrected chi connectivity index (χ2v) is 5.09. The molecule has 1 aliphatic carbocycles. The Labute approximate surface area is 88.4 Å². The minimum absolute atomic E-state index is 0.138. The summed E-state index contributed by atoms with van der Waals surface area (Å²) in [5.74, 6) is 0.536. The molecule has 0 aliphatic heterocycles. The lowest BCUT2D eigenvalue weighted by Crippen LogP contribution is -2.18. The van der Waals surface area contributed by atoms with Gasteiger partial charge in [0.05, 0.1) is 0 Å². The number of hydrogen-bond donors (Lipinski definition) is 1. The maximum absolute atomic E-state index is 9.37. The van der Waals surface area contributed by atoms with Crippen molar-refractivity contribution < 1.29 is 5.11 Å². The molecule has 0 aromatic rings. The number of alkyl halides is 1. The lowest BCUT2D eigenvalue weighted by molar-refractivity contribution is 0.183. The van der Waals surface area contributed by atoms with Crippen molar-refractivity contribution in [2.24, 2.45) is 5.92 Å². The minimum atomic E-state index is -0.138. The van der Waals surface area contributed by atoms with E-state index < -0.39 is 0 Å². The summed E-state index contributed by atoms with van der Waals surface area (Å²) in [6.45, 7) is 4.38. The van der Waals surface area contributed by atoms with Gasteiger partial charge in [-0.2, -0.15) is 0 Å². The molecule has 0 bridgehead atoms. The molecule has 1 nitrogen and oxygen atoms in total. The standard InChI is InChI=1S/C10H17IO/c1-7(2)8-3-5-9(6-4-8)10(11)12/h9-10,12H,3-6H2,1-2H3. The summed E-state index contributed by atoms with van der Waals surface area (Å²) in [6.07, 6.45) is 4.75. The number of aliphatic hydroxyl groups excluding tert-OH is 1.